The molecule has 2 aromatic rings. The van der Waals surface area contributed by atoms with Crippen molar-refractivity contribution in [2.45, 2.75) is 119 Å². The van der Waals surface area contributed by atoms with Crippen LogP contribution in [0.2, 0.25) is 5.28 Å². The van der Waals surface area contributed by atoms with Gasteiger partial charge >= 0.3 is 0 Å². The summed E-state index contributed by atoms with van der Waals surface area (Å²) in [4.78, 5) is 19.1. The first kappa shape index (κ1) is 39.0. The van der Waals surface area contributed by atoms with Crippen LogP contribution in [-0.4, -0.2) is 29.0 Å². The summed E-state index contributed by atoms with van der Waals surface area (Å²) in [6.45, 7) is 16.1. The predicted molar refractivity (Wildman–Crippen MR) is 157 cm³/mol. The van der Waals surface area contributed by atoms with Gasteiger partial charge in [-0.25, -0.2) is 23.1 Å². The lowest BCUT2D eigenvalue weighted by atomic mass is 9.95. The van der Waals surface area contributed by atoms with Crippen molar-refractivity contribution < 1.29 is 22.7 Å². The van der Waals surface area contributed by atoms with Crippen LogP contribution in [0.1, 0.15) is 116 Å². The quantitative estimate of drug-likeness (QED) is 0.190. The van der Waals surface area contributed by atoms with E-state index >= 15 is 0 Å². The molecule has 0 radical (unpaired) electrons. The first-order valence-electron chi connectivity index (χ1n) is 14.1. The number of hydrogen-bond donors (Lipinski definition) is 1. The molecule has 0 spiro atoms. The molecule has 224 valence electrons. The number of anilines is 1. The molecule has 39 heavy (non-hydrogen) atoms. The number of rotatable bonds is 13. The highest BCUT2D eigenvalue weighted by Crippen LogP contribution is 2.26. The molecule has 0 aliphatic heterocycles. The molecule has 0 aliphatic rings. The zero-order chi connectivity index (χ0) is 30.4. The van der Waals surface area contributed by atoms with Crippen molar-refractivity contribution in [1.29, 1.82) is 0 Å². The van der Waals surface area contributed by atoms with E-state index in [1.807, 2.05) is 48.5 Å². The molecule has 1 aromatic heterocycles. The Morgan fingerprint density at radius 1 is 1.08 bits per heavy atom. The average Bonchev–Trinajstić information content (AvgIpc) is 2.96. The van der Waals surface area contributed by atoms with Gasteiger partial charge in [0.2, 0.25) is 5.28 Å². The van der Waals surface area contributed by atoms with Crippen molar-refractivity contribution in [2.75, 3.05) is 12.4 Å². The van der Waals surface area contributed by atoms with Crippen LogP contribution in [0.3, 0.4) is 0 Å². The minimum atomic E-state index is -2.85. The smallest absolute Gasteiger partial charge is 0.266 e. The van der Waals surface area contributed by atoms with E-state index in [9.17, 15) is 18.0 Å². The van der Waals surface area contributed by atoms with Gasteiger partial charge in [0, 0.05) is 24.8 Å². The topological polar surface area (TPSA) is 64.1 Å². The fourth-order valence-corrected chi connectivity index (χ4v) is 3.82. The molecular formula is C30H49ClF3N3O2. The molecule has 0 bridgehead atoms. The van der Waals surface area contributed by atoms with E-state index in [0.717, 1.165) is 62.1 Å². The molecule has 1 atom stereocenters. The largest absolute Gasteiger partial charge is 0.371 e. The summed E-state index contributed by atoms with van der Waals surface area (Å²) < 4.78 is 44.8. The van der Waals surface area contributed by atoms with Gasteiger partial charge in [0.1, 0.15) is 17.2 Å². The fraction of sp³-hybridized carbons (Fsp3) is 0.633. The normalized spacial score (nSPS) is 11.6. The Hall–Kier alpha value is -2.19. The summed E-state index contributed by atoms with van der Waals surface area (Å²) in [5.74, 6) is -0.380. The number of aldehydes is 1. The molecule has 0 saturated heterocycles. The highest BCUT2D eigenvalue weighted by molar-refractivity contribution is 6.28. The molecule has 1 unspecified atom stereocenters. The average molecular weight is 576 g/mol. The number of carbonyl (C=O) groups excluding carboxylic acids is 1. The highest BCUT2D eigenvalue weighted by Gasteiger charge is 2.25. The summed E-state index contributed by atoms with van der Waals surface area (Å²) in [7, 11) is 1.60. The Morgan fingerprint density at radius 2 is 1.72 bits per heavy atom. The van der Waals surface area contributed by atoms with E-state index in [2.05, 4.69) is 22.2 Å². The van der Waals surface area contributed by atoms with Gasteiger partial charge in [0.25, 0.3) is 6.43 Å². The zero-order valence-corrected chi connectivity index (χ0v) is 26.0. The number of unbranched alkanes of at least 4 members (excludes halogenated alkanes) is 1. The maximum atomic E-state index is 14.1. The summed E-state index contributed by atoms with van der Waals surface area (Å²) >= 11 is 5.96. The number of carbonyl (C=O) groups is 1. The van der Waals surface area contributed by atoms with Crippen LogP contribution < -0.4 is 5.32 Å². The van der Waals surface area contributed by atoms with Crippen LogP contribution in [0.4, 0.5) is 19.0 Å². The first-order chi connectivity index (χ1) is 18.7. The zero-order valence-electron chi connectivity index (χ0n) is 25.3. The summed E-state index contributed by atoms with van der Waals surface area (Å²) in [5.41, 5.74) is 0.811. The van der Waals surface area contributed by atoms with Crippen LogP contribution in [0.15, 0.2) is 18.2 Å². The number of nitrogens with one attached hydrogen (secondary N) is 1. The molecule has 1 heterocycles. The number of halogens is 4. The minimum Gasteiger partial charge on any atom is -0.371 e. The third-order valence-corrected chi connectivity index (χ3v) is 6.04. The molecular weight excluding hydrogens is 527 g/mol. The number of ether oxygens (including phenoxy) is 1. The Bertz CT molecular complexity index is 927. The van der Waals surface area contributed by atoms with Crippen molar-refractivity contribution in [2.24, 2.45) is 0 Å². The second-order valence-electron chi connectivity index (χ2n) is 8.19. The number of benzene rings is 1. The first-order valence-corrected chi connectivity index (χ1v) is 14.5. The van der Waals surface area contributed by atoms with Gasteiger partial charge in [0.15, 0.2) is 6.29 Å². The Kier molecular flexibility index (Phi) is 22.6. The van der Waals surface area contributed by atoms with Gasteiger partial charge in [-0.2, -0.15) is 0 Å². The van der Waals surface area contributed by atoms with E-state index in [1.165, 1.54) is 12.1 Å². The molecule has 0 amide bonds. The van der Waals surface area contributed by atoms with Crippen molar-refractivity contribution in [3.63, 3.8) is 0 Å². The maximum absolute atomic E-state index is 14.1. The number of aromatic nitrogens is 2. The summed E-state index contributed by atoms with van der Waals surface area (Å²) in [5, 5.41) is 3.12. The number of methoxy groups -OCH3 is 1. The number of aryl methyl sites for hydroxylation is 1. The Balaban J connectivity index is 0. The predicted octanol–water partition coefficient (Wildman–Crippen LogP) is 9.56. The van der Waals surface area contributed by atoms with Crippen molar-refractivity contribution in [3.05, 3.63) is 51.7 Å². The molecule has 0 saturated carbocycles. The fourth-order valence-electron chi connectivity index (χ4n) is 3.63. The van der Waals surface area contributed by atoms with Gasteiger partial charge in [-0.05, 0) is 37.3 Å². The standard InChI is InChI=1S/C17H19ClF3N3.C9H18O2.2C2H6/c1-3-6-13-11(4-2)16(24-17(18)23-13)22-9-10-7-5-8-12(14(10)19)15(20)21;1-4-6-7-9(5-2,8-10)11-3;2*1-2/h5,7-8,15H,3-4,6,9H2,1-2H3,(H,22,23,24);8H,4-7H2,1-3H3;2*1-2H3. The maximum Gasteiger partial charge on any atom is 0.266 e. The summed E-state index contributed by atoms with van der Waals surface area (Å²) in [6.07, 6.45) is 4.23. The van der Waals surface area contributed by atoms with Crippen LogP contribution >= 0.6 is 11.6 Å². The lowest BCUT2D eigenvalue weighted by Gasteiger charge is -2.24. The number of alkyl halides is 2. The van der Waals surface area contributed by atoms with Gasteiger partial charge in [0.05, 0.1) is 11.3 Å². The molecule has 1 aromatic carbocycles. The lowest BCUT2D eigenvalue weighted by molar-refractivity contribution is -0.129. The van der Waals surface area contributed by atoms with E-state index in [4.69, 9.17) is 16.3 Å². The van der Waals surface area contributed by atoms with Crippen molar-refractivity contribution in [1.82, 2.24) is 9.97 Å². The third kappa shape index (κ3) is 13.1. The number of hydrogen-bond acceptors (Lipinski definition) is 5. The number of nitrogens with zero attached hydrogens (tertiary/aromatic N) is 2. The highest BCUT2D eigenvalue weighted by atomic mass is 35.5. The van der Waals surface area contributed by atoms with Crippen LogP contribution in [0.5, 0.6) is 0 Å². The Morgan fingerprint density at radius 3 is 2.18 bits per heavy atom. The van der Waals surface area contributed by atoms with Crippen molar-refractivity contribution >= 4 is 23.7 Å². The molecule has 5 nitrogen and oxygen atoms in total. The van der Waals surface area contributed by atoms with Gasteiger partial charge in [-0.1, -0.05) is 92.9 Å². The van der Waals surface area contributed by atoms with Crippen LogP contribution in [0, 0.1) is 5.82 Å². The molecule has 2 rings (SSSR count). The SMILES string of the molecule is CC.CC.CCCCC(C=O)(CC)OC.CCCc1nc(Cl)nc(NCc2cccc(C(F)F)c2F)c1CC. The van der Waals surface area contributed by atoms with E-state index in [0.29, 0.717) is 12.2 Å². The van der Waals surface area contributed by atoms with Crippen LogP contribution in [-0.2, 0) is 28.9 Å². The van der Waals surface area contributed by atoms with E-state index < -0.39 is 23.4 Å². The van der Waals surface area contributed by atoms with Gasteiger partial charge in [-0.15, -0.1) is 0 Å². The van der Waals surface area contributed by atoms with E-state index in [1.54, 1.807) is 7.11 Å². The molecule has 0 fully saturated rings. The molecule has 0 aliphatic carbocycles. The monoisotopic (exact) mass is 575 g/mol. The van der Waals surface area contributed by atoms with E-state index in [-0.39, 0.29) is 17.4 Å². The van der Waals surface area contributed by atoms with Crippen molar-refractivity contribution in [3.8, 4) is 0 Å². The molecule has 9 heteroatoms. The third-order valence-electron chi connectivity index (χ3n) is 5.87. The van der Waals surface area contributed by atoms with Gasteiger partial charge < -0.3 is 14.8 Å². The molecule has 1 N–H and O–H groups in total. The van der Waals surface area contributed by atoms with Crippen LogP contribution in [0.25, 0.3) is 0 Å². The Labute approximate surface area is 239 Å². The van der Waals surface area contributed by atoms with Gasteiger partial charge in [-0.3, -0.25) is 0 Å². The lowest BCUT2D eigenvalue weighted by Crippen LogP contribution is -2.32. The minimum absolute atomic E-state index is 0.0400. The second kappa shape index (κ2) is 22.6. The summed E-state index contributed by atoms with van der Waals surface area (Å²) in [6, 6.07) is 3.97. The second-order valence-corrected chi connectivity index (χ2v) is 8.53.